The Morgan fingerprint density at radius 3 is 1.28 bits per heavy atom. The average Bonchev–Trinajstić information content (AvgIpc) is 3.64. The van der Waals surface area contributed by atoms with Gasteiger partial charge in [-0.25, -0.2) is 0 Å². The quantitative estimate of drug-likeness (QED) is 0.144. The SMILES string of the molecule is c1ccc(-c2cc3ccccc3cc2N(c2ccc(N(c3ccccc3)c3ccccc3)cc2)c2ccc3c(c2)C(c2ccccc2)(c2ccccc2)c2ccccc2-3)cc1. The molecule has 0 N–H and O–H groups in total. The van der Waals surface area contributed by atoms with Crippen molar-refractivity contribution in [2.24, 2.45) is 0 Å². The Hall–Kier alpha value is -7.94. The summed E-state index contributed by atoms with van der Waals surface area (Å²) in [6.07, 6.45) is 0. The Bertz CT molecular complexity index is 3030. The van der Waals surface area contributed by atoms with Gasteiger partial charge in [-0.05, 0) is 123 Å². The van der Waals surface area contributed by atoms with Crippen LogP contribution in [0, 0.1) is 0 Å². The highest BCUT2D eigenvalue weighted by molar-refractivity contribution is 5.99. The van der Waals surface area contributed by atoms with Gasteiger partial charge in [0, 0.05) is 34.0 Å². The molecule has 1 aliphatic rings. The molecule has 0 saturated carbocycles. The van der Waals surface area contributed by atoms with Gasteiger partial charge in [0.2, 0.25) is 0 Å². The smallest absolute Gasteiger partial charge is 0.0714 e. The lowest BCUT2D eigenvalue weighted by Crippen LogP contribution is -2.28. The van der Waals surface area contributed by atoms with E-state index >= 15 is 0 Å². The van der Waals surface area contributed by atoms with Gasteiger partial charge >= 0.3 is 0 Å². The van der Waals surface area contributed by atoms with E-state index in [0.29, 0.717) is 0 Å². The van der Waals surface area contributed by atoms with E-state index in [4.69, 9.17) is 0 Å². The Morgan fingerprint density at radius 1 is 0.262 bits per heavy atom. The van der Waals surface area contributed by atoms with Crippen LogP contribution in [0.2, 0.25) is 0 Å². The van der Waals surface area contributed by atoms with Crippen molar-refractivity contribution in [3.8, 4) is 22.3 Å². The first-order chi connectivity index (χ1) is 30.3. The molecule has 10 aromatic rings. The molecule has 0 bridgehead atoms. The third-order valence-electron chi connectivity index (χ3n) is 12.3. The number of rotatable bonds is 9. The van der Waals surface area contributed by atoms with Gasteiger partial charge in [0.1, 0.15) is 0 Å². The molecule has 1 aliphatic carbocycles. The molecule has 10 aromatic carbocycles. The molecule has 0 fully saturated rings. The standard InChI is InChI=1S/C59H42N2/c1-6-20-43(21-7-1)55-40-44-22-16-17-23-45(44)41-58(55)61(51-36-34-50(35-37-51)60(48-28-12-4-13-29-48)49-30-14-5-15-31-49)52-38-39-54-53-32-18-19-33-56(53)59(57(54)42-52,46-24-8-2-9-25-46)47-26-10-3-11-27-47/h1-42H. The number of fused-ring (bicyclic) bond motifs is 4. The van der Waals surface area contributed by atoms with Crippen LogP contribution in [0.15, 0.2) is 255 Å². The molecule has 2 nitrogen and oxygen atoms in total. The molecule has 0 unspecified atom stereocenters. The Morgan fingerprint density at radius 2 is 0.689 bits per heavy atom. The molecule has 0 aliphatic heterocycles. The zero-order valence-corrected chi connectivity index (χ0v) is 33.6. The first-order valence-electron chi connectivity index (χ1n) is 21.0. The Labute approximate surface area is 357 Å². The number of nitrogens with zero attached hydrogens (tertiary/aromatic N) is 2. The normalized spacial score (nSPS) is 12.4. The maximum Gasteiger partial charge on any atom is 0.0714 e. The summed E-state index contributed by atoms with van der Waals surface area (Å²) < 4.78 is 0. The zero-order chi connectivity index (χ0) is 40.6. The van der Waals surface area contributed by atoms with Crippen LogP contribution >= 0.6 is 0 Å². The van der Waals surface area contributed by atoms with E-state index in [9.17, 15) is 0 Å². The third-order valence-corrected chi connectivity index (χ3v) is 12.3. The maximum absolute atomic E-state index is 2.47. The Balaban J connectivity index is 1.17. The molecule has 0 saturated heterocycles. The predicted octanol–water partition coefficient (Wildman–Crippen LogP) is 15.8. The summed E-state index contributed by atoms with van der Waals surface area (Å²) in [6, 6.07) is 92.8. The summed E-state index contributed by atoms with van der Waals surface area (Å²) in [5, 5.41) is 2.40. The number of para-hydroxylation sites is 2. The number of anilines is 6. The van der Waals surface area contributed by atoms with E-state index in [0.717, 1.165) is 34.1 Å². The topological polar surface area (TPSA) is 6.48 Å². The van der Waals surface area contributed by atoms with Crippen LogP contribution in [0.4, 0.5) is 34.1 Å². The van der Waals surface area contributed by atoms with Crippen molar-refractivity contribution in [1.82, 2.24) is 0 Å². The first-order valence-corrected chi connectivity index (χ1v) is 21.0. The molecule has 0 atom stereocenters. The number of benzene rings is 10. The van der Waals surface area contributed by atoms with Crippen LogP contribution in [0.5, 0.6) is 0 Å². The summed E-state index contributed by atoms with van der Waals surface area (Å²) in [6.45, 7) is 0. The molecule has 288 valence electrons. The van der Waals surface area contributed by atoms with Gasteiger partial charge in [0.15, 0.2) is 0 Å². The molecule has 0 spiro atoms. The molecule has 0 amide bonds. The summed E-state index contributed by atoms with van der Waals surface area (Å²) in [7, 11) is 0. The molecule has 2 heteroatoms. The minimum Gasteiger partial charge on any atom is -0.311 e. The lowest BCUT2D eigenvalue weighted by atomic mass is 9.67. The van der Waals surface area contributed by atoms with E-state index in [1.165, 1.54) is 55.3 Å². The maximum atomic E-state index is 2.47. The van der Waals surface area contributed by atoms with Crippen molar-refractivity contribution in [2.75, 3.05) is 9.80 Å². The van der Waals surface area contributed by atoms with E-state index in [-0.39, 0.29) is 0 Å². The van der Waals surface area contributed by atoms with Crippen LogP contribution in [0.3, 0.4) is 0 Å². The summed E-state index contributed by atoms with van der Waals surface area (Å²) in [5.41, 5.74) is 16.0. The van der Waals surface area contributed by atoms with Crippen molar-refractivity contribution in [2.45, 2.75) is 5.41 Å². The van der Waals surface area contributed by atoms with Crippen molar-refractivity contribution < 1.29 is 0 Å². The number of hydrogen-bond acceptors (Lipinski definition) is 2. The number of hydrogen-bond donors (Lipinski definition) is 0. The third kappa shape index (κ3) is 6.20. The fourth-order valence-electron chi connectivity index (χ4n) is 9.61. The van der Waals surface area contributed by atoms with Gasteiger partial charge in [-0.1, -0.05) is 182 Å². The molecular formula is C59H42N2. The van der Waals surface area contributed by atoms with Crippen LogP contribution < -0.4 is 9.80 Å². The van der Waals surface area contributed by atoms with E-state index < -0.39 is 5.41 Å². The van der Waals surface area contributed by atoms with Gasteiger partial charge in [0.25, 0.3) is 0 Å². The second-order valence-electron chi connectivity index (χ2n) is 15.7. The second kappa shape index (κ2) is 15.3. The molecule has 0 radical (unpaired) electrons. The van der Waals surface area contributed by atoms with E-state index in [2.05, 4.69) is 265 Å². The van der Waals surface area contributed by atoms with Crippen molar-refractivity contribution >= 4 is 44.9 Å². The average molecular weight is 779 g/mol. The molecule has 0 heterocycles. The lowest BCUT2D eigenvalue weighted by molar-refractivity contribution is 0.768. The van der Waals surface area contributed by atoms with Gasteiger partial charge in [-0.2, -0.15) is 0 Å². The van der Waals surface area contributed by atoms with Crippen LogP contribution in [-0.2, 0) is 5.41 Å². The fourth-order valence-corrected chi connectivity index (χ4v) is 9.61. The van der Waals surface area contributed by atoms with Gasteiger partial charge in [-0.15, -0.1) is 0 Å². The predicted molar refractivity (Wildman–Crippen MR) is 256 cm³/mol. The van der Waals surface area contributed by atoms with E-state index in [1.54, 1.807) is 0 Å². The minimum atomic E-state index is -0.530. The second-order valence-corrected chi connectivity index (χ2v) is 15.7. The van der Waals surface area contributed by atoms with Crippen LogP contribution in [0.25, 0.3) is 33.0 Å². The van der Waals surface area contributed by atoms with Gasteiger partial charge < -0.3 is 9.80 Å². The highest BCUT2D eigenvalue weighted by Gasteiger charge is 2.46. The lowest BCUT2D eigenvalue weighted by Gasteiger charge is -2.35. The molecule has 0 aromatic heterocycles. The largest absolute Gasteiger partial charge is 0.311 e. The van der Waals surface area contributed by atoms with Crippen LogP contribution in [-0.4, -0.2) is 0 Å². The molecule has 11 rings (SSSR count). The zero-order valence-electron chi connectivity index (χ0n) is 33.6. The highest BCUT2D eigenvalue weighted by atomic mass is 15.2. The minimum absolute atomic E-state index is 0.530. The summed E-state index contributed by atoms with van der Waals surface area (Å²) in [4.78, 5) is 4.79. The Kier molecular flexibility index (Phi) is 9.09. The highest BCUT2D eigenvalue weighted by Crippen LogP contribution is 2.57. The molecular weight excluding hydrogens is 737 g/mol. The van der Waals surface area contributed by atoms with E-state index in [1.807, 2.05) is 0 Å². The summed E-state index contributed by atoms with van der Waals surface area (Å²) >= 11 is 0. The van der Waals surface area contributed by atoms with Gasteiger partial charge in [0.05, 0.1) is 11.1 Å². The van der Waals surface area contributed by atoms with Gasteiger partial charge in [-0.3, -0.25) is 0 Å². The van der Waals surface area contributed by atoms with Crippen LogP contribution in [0.1, 0.15) is 22.3 Å². The fraction of sp³-hybridized carbons (Fsp3) is 0.0169. The van der Waals surface area contributed by atoms with Crippen molar-refractivity contribution in [3.05, 3.63) is 277 Å². The van der Waals surface area contributed by atoms with Crippen molar-refractivity contribution in [3.63, 3.8) is 0 Å². The molecule has 61 heavy (non-hydrogen) atoms. The summed E-state index contributed by atoms with van der Waals surface area (Å²) in [5.74, 6) is 0. The van der Waals surface area contributed by atoms with Crippen molar-refractivity contribution in [1.29, 1.82) is 0 Å². The monoisotopic (exact) mass is 778 g/mol. The first kappa shape index (κ1) is 36.2.